The number of aromatic hydroxyl groups is 1. The zero-order valence-corrected chi connectivity index (χ0v) is 10.5. The summed E-state index contributed by atoms with van der Waals surface area (Å²) in [5, 5.41) is 8.86. The Kier molecular flexibility index (Phi) is 3.80. The lowest BCUT2D eigenvalue weighted by Crippen LogP contribution is -2.36. The van der Waals surface area contributed by atoms with Crippen LogP contribution in [0, 0.1) is 0 Å². The standard InChI is InChI=1S/C11H17NO3S/c1-4-12(16(14,15)9(2)3)10-6-5-7-11(13)8-10/h5-9,13H,4H2,1-3H3. The Hall–Kier alpha value is -1.23. The van der Waals surface area contributed by atoms with Crippen LogP contribution in [-0.2, 0) is 10.0 Å². The van der Waals surface area contributed by atoms with E-state index in [0.717, 1.165) is 0 Å². The first-order chi connectivity index (χ1) is 7.39. The second kappa shape index (κ2) is 4.74. The highest BCUT2D eigenvalue weighted by molar-refractivity contribution is 7.93. The molecule has 0 aliphatic carbocycles. The lowest BCUT2D eigenvalue weighted by molar-refractivity contribution is 0.475. The topological polar surface area (TPSA) is 57.6 Å². The van der Waals surface area contributed by atoms with Crippen molar-refractivity contribution in [2.45, 2.75) is 26.0 Å². The van der Waals surface area contributed by atoms with Crippen LogP contribution in [0.15, 0.2) is 24.3 Å². The van der Waals surface area contributed by atoms with Crippen LogP contribution in [0.25, 0.3) is 0 Å². The Labute approximate surface area is 96.6 Å². The fourth-order valence-corrected chi connectivity index (χ4v) is 2.69. The van der Waals surface area contributed by atoms with Crippen molar-refractivity contribution in [3.63, 3.8) is 0 Å². The minimum atomic E-state index is -3.34. The molecule has 1 N–H and O–H groups in total. The van der Waals surface area contributed by atoms with E-state index in [1.165, 1.54) is 16.4 Å². The van der Waals surface area contributed by atoms with E-state index >= 15 is 0 Å². The second-order valence-electron chi connectivity index (χ2n) is 3.78. The average Bonchev–Trinajstić information content (AvgIpc) is 2.18. The van der Waals surface area contributed by atoms with Gasteiger partial charge in [-0.15, -0.1) is 0 Å². The van der Waals surface area contributed by atoms with E-state index in [9.17, 15) is 13.5 Å². The van der Waals surface area contributed by atoms with Crippen molar-refractivity contribution in [3.8, 4) is 5.75 Å². The van der Waals surface area contributed by atoms with Gasteiger partial charge in [0.05, 0.1) is 10.9 Å². The highest BCUT2D eigenvalue weighted by Crippen LogP contribution is 2.24. The molecule has 1 aromatic carbocycles. The van der Waals surface area contributed by atoms with Crippen LogP contribution in [0.1, 0.15) is 20.8 Å². The summed E-state index contributed by atoms with van der Waals surface area (Å²) >= 11 is 0. The molecule has 5 heteroatoms. The van der Waals surface area contributed by atoms with E-state index in [-0.39, 0.29) is 5.75 Å². The highest BCUT2D eigenvalue weighted by atomic mass is 32.2. The molecule has 0 heterocycles. The van der Waals surface area contributed by atoms with Crippen molar-refractivity contribution in [1.29, 1.82) is 0 Å². The zero-order chi connectivity index (χ0) is 12.3. The van der Waals surface area contributed by atoms with Crippen molar-refractivity contribution in [2.75, 3.05) is 10.8 Å². The molecule has 0 saturated heterocycles. The fourth-order valence-electron chi connectivity index (χ4n) is 1.41. The van der Waals surface area contributed by atoms with Gasteiger partial charge in [-0.3, -0.25) is 4.31 Å². The van der Waals surface area contributed by atoms with Gasteiger partial charge in [0, 0.05) is 12.6 Å². The smallest absolute Gasteiger partial charge is 0.237 e. The third kappa shape index (κ3) is 2.47. The van der Waals surface area contributed by atoms with Gasteiger partial charge in [0.15, 0.2) is 0 Å². The number of phenolic OH excluding ortho intramolecular Hbond substituents is 1. The predicted molar refractivity (Wildman–Crippen MR) is 65.2 cm³/mol. The minimum absolute atomic E-state index is 0.0647. The average molecular weight is 243 g/mol. The Morgan fingerprint density at radius 1 is 1.38 bits per heavy atom. The number of hydrogen-bond acceptors (Lipinski definition) is 3. The van der Waals surface area contributed by atoms with Gasteiger partial charge in [0.2, 0.25) is 10.0 Å². The molecule has 1 rings (SSSR count). The van der Waals surface area contributed by atoms with Crippen LogP contribution in [0.4, 0.5) is 5.69 Å². The van der Waals surface area contributed by atoms with Crippen LogP contribution < -0.4 is 4.31 Å². The molecule has 4 nitrogen and oxygen atoms in total. The largest absolute Gasteiger partial charge is 0.508 e. The zero-order valence-electron chi connectivity index (χ0n) is 9.71. The lowest BCUT2D eigenvalue weighted by atomic mass is 10.3. The molecule has 0 aliphatic heterocycles. The van der Waals surface area contributed by atoms with E-state index in [1.54, 1.807) is 32.9 Å². The van der Waals surface area contributed by atoms with Gasteiger partial charge in [-0.2, -0.15) is 0 Å². The molecule has 90 valence electrons. The first-order valence-electron chi connectivity index (χ1n) is 5.20. The van der Waals surface area contributed by atoms with Gasteiger partial charge >= 0.3 is 0 Å². The molecule has 0 amide bonds. The molecular weight excluding hydrogens is 226 g/mol. The maximum Gasteiger partial charge on any atom is 0.237 e. The molecule has 0 unspecified atom stereocenters. The summed E-state index contributed by atoms with van der Waals surface area (Å²) in [6, 6.07) is 6.26. The molecule has 0 aliphatic rings. The molecule has 0 aromatic heterocycles. The summed E-state index contributed by atoms with van der Waals surface area (Å²) < 4.78 is 25.3. The molecule has 0 spiro atoms. The van der Waals surface area contributed by atoms with Gasteiger partial charge in [-0.1, -0.05) is 6.07 Å². The van der Waals surface area contributed by atoms with E-state index < -0.39 is 15.3 Å². The van der Waals surface area contributed by atoms with Crippen LogP contribution in [0.3, 0.4) is 0 Å². The van der Waals surface area contributed by atoms with Gasteiger partial charge < -0.3 is 5.11 Å². The number of rotatable bonds is 4. The third-order valence-corrected chi connectivity index (χ3v) is 4.58. The highest BCUT2D eigenvalue weighted by Gasteiger charge is 2.24. The molecule has 16 heavy (non-hydrogen) atoms. The first-order valence-corrected chi connectivity index (χ1v) is 6.70. The van der Waals surface area contributed by atoms with Gasteiger partial charge in [-0.25, -0.2) is 8.42 Å². The van der Waals surface area contributed by atoms with Crippen molar-refractivity contribution >= 4 is 15.7 Å². The third-order valence-electron chi connectivity index (χ3n) is 2.31. The molecule has 0 fully saturated rings. The van der Waals surface area contributed by atoms with E-state index in [4.69, 9.17) is 0 Å². The van der Waals surface area contributed by atoms with Crippen molar-refractivity contribution < 1.29 is 13.5 Å². The number of phenols is 1. The minimum Gasteiger partial charge on any atom is -0.508 e. The normalized spacial score (nSPS) is 11.8. The monoisotopic (exact) mass is 243 g/mol. The Morgan fingerprint density at radius 3 is 2.44 bits per heavy atom. The van der Waals surface area contributed by atoms with E-state index in [2.05, 4.69) is 0 Å². The summed E-state index contributed by atoms with van der Waals surface area (Å²) in [6.45, 7) is 5.40. The Balaban J connectivity index is 3.19. The number of benzene rings is 1. The number of nitrogens with zero attached hydrogens (tertiary/aromatic N) is 1. The second-order valence-corrected chi connectivity index (χ2v) is 6.19. The summed E-state index contributed by atoms with van der Waals surface area (Å²) in [5.74, 6) is 0.0647. The quantitative estimate of drug-likeness (QED) is 0.879. The Morgan fingerprint density at radius 2 is 2.00 bits per heavy atom. The van der Waals surface area contributed by atoms with Crippen molar-refractivity contribution in [2.24, 2.45) is 0 Å². The van der Waals surface area contributed by atoms with Crippen molar-refractivity contribution in [1.82, 2.24) is 0 Å². The van der Waals surface area contributed by atoms with Crippen LogP contribution in [-0.4, -0.2) is 25.3 Å². The number of hydrogen-bond donors (Lipinski definition) is 1. The van der Waals surface area contributed by atoms with Crippen LogP contribution in [0.5, 0.6) is 5.75 Å². The summed E-state index contributed by atoms with van der Waals surface area (Å²) in [5.41, 5.74) is 0.496. The summed E-state index contributed by atoms with van der Waals surface area (Å²) in [6.07, 6.45) is 0. The molecule has 1 aromatic rings. The first kappa shape index (κ1) is 12.8. The Bertz CT molecular complexity index is 454. The summed E-state index contributed by atoms with van der Waals surface area (Å²) in [4.78, 5) is 0. The number of sulfonamides is 1. The van der Waals surface area contributed by atoms with Crippen LogP contribution >= 0.6 is 0 Å². The lowest BCUT2D eigenvalue weighted by Gasteiger charge is -2.25. The molecule has 0 saturated carbocycles. The maximum absolute atomic E-state index is 12.0. The molecule has 0 atom stereocenters. The molecule has 0 bridgehead atoms. The fraction of sp³-hybridized carbons (Fsp3) is 0.455. The van der Waals surface area contributed by atoms with Gasteiger partial charge in [-0.05, 0) is 32.9 Å². The van der Waals surface area contributed by atoms with Crippen molar-refractivity contribution in [3.05, 3.63) is 24.3 Å². The SMILES string of the molecule is CCN(c1cccc(O)c1)S(=O)(=O)C(C)C. The maximum atomic E-state index is 12.0. The van der Waals surface area contributed by atoms with Gasteiger partial charge in [0.1, 0.15) is 5.75 Å². The van der Waals surface area contributed by atoms with E-state index in [1.807, 2.05) is 0 Å². The van der Waals surface area contributed by atoms with Crippen LogP contribution in [0.2, 0.25) is 0 Å². The van der Waals surface area contributed by atoms with E-state index in [0.29, 0.717) is 12.2 Å². The molecular formula is C11H17NO3S. The molecule has 0 radical (unpaired) electrons. The number of anilines is 1. The predicted octanol–water partition coefficient (Wildman–Crippen LogP) is 1.96. The van der Waals surface area contributed by atoms with Gasteiger partial charge in [0.25, 0.3) is 0 Å². The summed E-state index contributed by atoms with van der Waals surface area (Å²) in [7, 11) is -3.34.